The fourth-order valence-corrected chi connectivity index (χ4v) is 3.50. The average Bonchev–Trinajstić information content (AvgIpc) is 2.97. The summed E-state index contributed by atoms with van der Waals surface area (Å²) < 4.78 is 38.1. The highest BCUT2D eigenvalue weighted by Crippen LogP contribution is 2.37. The molecule has 136 valence electrons. The van der Waals surface area contributed by atoms with Gasteiger partial charge in [-0.15, -0.1) is 0 Å². The maximum absolute atomic E-state index is 12.7. The Morgan fingerprint density at radius 2 is 1.92 bits per heavy atom. The van der Waals surface area contributed by atoms with Crippen LogP contribution in [0, 0.1) is 5.92 Å². The van der Waals surface area contributed by atoms with Gasteiger partial charge in [-0.3, -0.25) is 4.79 Å². The molecule has 1 heterocycles. The van der Waals surface area contributed by atoms with E-state index >= 15 is 0 Å². The maximum atomic E-state index is 12.7. The van der Waals surface area contributed by atoms with Gasteiger partial charge in [0.05, 0.1) is 12.0 Å². The van der Waals surface area contributed by atoms with Crippen LogP contribution in [-0.4, -0.2) is 29.2 Å². The van der Waals surface area contributed by atoms with Crippen LogP contribution in [0.1, 0.15) is 31.2 Å². The zero-order chi connectivity index (χ0) is 18.0. The van der Waals surface area contributed by atoms with Gasteiger partial charge in [-0.1, -0.05) is 18.2 Å². The second-order valence-electron chi connectivity index (χ2n) is 6.77. The first-order valence-electron chi connectivity index (χ1n) is 8.52. The zero-order valence-corrected chi connectivity index (χ0v) is 13.8. The molecule has 1 fully saturated rings. The number of carbonyl (C=O) groups excluding carboxylic acids is 1. The first-order valence-corrected chi connectivity index (χ1v) is 8.52. The van der Waals surface area contributed by atoms with Crippen LogP contribution in [-0.2, 0) is 11.2 Å². The van der Waals surface area contributed by atoms with Gasteiger partial charge in [0.25, 0.3) is 0 Å². The van der Waals surface area contributed by atoms with Crippen molar-refractivity contribution in [2.45, 2.75) is 50.4 Å². The lowest BCUT2D eigenvalue weighted by molar-refractivity contribution is -0.182. The first-order chi connectivity index (χ1) is 11.8. The summed E-state index contributed by atoms with van der Waals surface area (Å²) in [6.45, 7) is 0. The molecular weight excluding hydrogens is 331 g/mol. The van der Waals surface area contributed by atoms with E-state index in [9.17, 15) is 18.0 Å². The summed E-state index contributed by atoms with van der Waals surface area (Å²) in [4.78, 5) is 15.4. The van der Waals surface area contributed by atoms with Crippen molar-refractivity contribution in [3.63, 3.8) is 0 Å². The summed E-state index contributed by atoms with van der Waals surface area (Å²) in [7, 11) is 0. The molecule has 25 heavy (non-hydrogen) atoms. The second-order valence-corrected chi connectivity index (χ2v) is 6.77. The highest BCUT2D eigenvalue weighted by atomic mass is 19.4. The van der Waals surface area contributed by atoms with E-state index in [0.717, 1.165) is 16.5 Å². The number of nitrogens with two attached hydrogens (primary N) is 1. The van der Waals surface area contributed by atoms with Crippen LogP contribution in [0.4, 0.5) is 13.2 Å². The quantitative estimate of drug-likeness (QED) is 0.789. The lowest BCUT2D eigenvalue weighted by Crippen LogP contribution is -2.48. The number of H-pyrrole nitrogens is 1. The lowest BCUT2D eigenvalue weighted by Gasteiger charge is -2.30. The summed E-state index contributed by atoms with van der Waals surface area (Å²) in [6, 6.07) is 6.81. The van der Waals surface area contributed by atoms with Crippen LogP contribution in [0.5, 0.6) is 0 Å². The van der Waals surface area contributed by atoms with Crippen molar-refractivity contribution in [1.29, 1.82) is 0 Å². The Morgan fingerprint density at radius 1 is 1.24 bits per heavy atom. The standard InChI is InChI=1S/C18H22F3N3O/c19-18(20,21)12-5-7-13(8-6-12)24-17(25)15(22)9-11-10-23-16-4-2-1-3-14(11)16/h1-4,10,12-13,15,23H,5-9,22H2,(H,24,25)/t12?,13?,15-/m0/s1. The van der Waals surface area contributed by atoms with E-state index < -0.39 is 18.1 Å². The summed E-state index contributed by atoms with van der Waals surface area (Å²) in [5.41, 5.74) is 7.95. The van der Waals surface area contributed by atoms with Crippen LogP contribution in [0.2, 0.25) is 0 Å². The van der Waals surface area contributed by atoms with Crippen molar-refractivity contribution in [3.05, 3.63) is 36.0 Å². The maximum Gasteiger partial charge on any atom is 0.391 e. The summed E-state index contributed by atoms with van der Waals surface area (Å²) in [5, 5.41) is 3.83. The van der Waals surface area contributed by atoms with E-state index in [4.69, 9.17) is 5.73 Å². The molecule has 0 spiro atoms. The number of carbonyl (C=O) groups is 1. The first kappa shape index (κ1) is 17.8. The second kappa shape index (κ2) is 7.07. The van der Waals surface area contributed by atoms with Gasteiger partial charge < -0.3 is 16.0 Å². The van der Waals surface area contributed by atoms with Gasteiger partial charge in [0.2, 0.25) is 5.91 Å². The largest absolute Gasteiger partial charge is 0.391 e. The van der Waals surface area contributed by atoms with Crippen molar-refractivity contribution in [2.75, 3.05) is 0 Å². The molecule has 1 aromatic carbocycles. The minimum atomic E-state index is -4.14. The predicted molar refractivity (Wildman–Crippen MR) is 89.9 cm³/mol. The third-order valence-electron chi connectivity index (χ3n) is 4.99. The number of amides is 1. The molecule has 0 bridgehead atoms. The third-order valence-corrected chi connectivity index (χ3v) is 4.99. The Labute approximate surface area is 144 Å². The molecule has 7 heteroatoms. The number of aromatic amines is 1. The van der Waals surface area contributed by atoms with Gasteiger partial charge in [-0.25, -0.2) is 0 Å². The number of nitrogens with one attached hydrogen (secondary N) is 2. The summed E-state index contributed by atoms with van der Waals surface area (Å²) in [5.74, 6) is -1.55. The van der Waals surface area contributed by atoms with Gasteiger partial charge in [0.15, 0.2) is 0 Å². The number of hydrogen-bond acceptors (Lipinski definition) is 2. The Hall–Kier alpha value is -2.02. The predicted octanol–water partition coefficient (Wildman–Crippen LogP) is 3.28. The normalized spacial score (nSPS) is 22.7. The highest BCUT2D eigenvalue weighted by Gasteiger charge is 2.41. The van der Waals surface area contributed by atoms with E-state index in [1.54, 1.807) is 0 Å². The van der Waals surface area contributed by atoms with E-state index in [2.05, 4.69) is 10.3 Å². The molecule has 1 amide bonds. The number of alkyl halides is 3. The number of aromatic nitrogens is 1. The number of rotatable bonds is 4. The smallest absolute Gasteiger partial charge is 0.361 e. The summed E-state index contributed by atoms with van der Waals surface area (Å²) in [6.07, 6.45) is -1.11. The fourth-order valence-electron chi connectivity index (χ4n) is 3.50. The van der Waals surface area contributed by atoms with Crippen molar-refractivity contribution in [3.8, 4) is 0 Å². The minimum Gasteiger partial charge on any atom is -0.361 e. The molecule has 1 aliphatic rings. The van der Waals surface area contributed by atoms with Crippen molar-refractivity contribution >= 4 is 16.8 Å². The van der Waals surface area contributed by atoms with E-state index in [0.29, 0.717) is 19.3 Å². The number of halogens is 3. The number of hydrogen-bond donors (Lipinski definition) is 3. The van der Waals surface area contributed by atoms with Gasteiger partial charge in [0.1, 0.15) is 0 Å². The SMILES string of the molecule is N[C@@H](Cc1c[nH]c2ccccc12)C(=O)NC1CCC(C(F)(F)F)CC1. The molecule has 0 radical (unpaired) electrons. The molecule has 4 N–H and O–H groups in total. The molecule has 1 atom stereocenters. The van der Waals surface area contributed by atoms with E-state index in [1.807, 2.05) is 30.5 Å². The number of para-hydroxylation sites is 1. The zero-order valence-electron chi connectivity index (χ0n) is 13.8. The van der Waals surface area contributed by atoms with Gasteiger partial charge in [-0.05, 0) is 43.7 Å². The Morgan fingerprint density at radius 3 is 2.60 bits per heavy atom. The molecule has 4 nitrogen and oxygen atoms in total. The molecule has 1 saturated carbocycles. The van der Waals surface area contributed by atoms with Crippen LogP contribution in [0.3, 0.4) is 0 Å². The minimum absolute atomic E-state index is 0.0616. The molecule has 0 unspecified atom stereocenters. The van der Waals surface area contributed by atoms with E-state index in [-0.39, 0.29) is 24.8 Å². The number of fused-ring (bicyclic) bond motifs is 1. The monoisotopic (exact) mass is 353 g/mol. The van der Waals surface area contributed by atoms with Gasteiger partial charge in [0, 0.05) is 23.1 Å². The molecule has 0 saturated heterocycles. The Bertz CT molecular complexity index is 732. The van der Waals surface area contributed by atoms with E-state index in [1.165, 1.54) is 0 Å². The van der Waals surface area contributed by atoms with Crippen LogP contribution in [0.25, 0.3) is 10.9 Å². The van der Waals surface area contributed by atoms with Gasteiger partial charge in [-0.2, -0.15) is 13.2 Å². The van der Waals surface area contributed by atoms with Crippen LogP contribution in [0.15, 0.2) is 30.5 Å². The lowest BCUT2D eigenvalue weighted by atomic mass is 9.85. The molecular formula is C18H22F3N3O. The van der Waals surface area contributed by atoms with Crippen molar-refractivity contribution in [1.82, 2.24) is 10.3 Å². The van der Waals surface area contributed by atoms with Crippen molar-refractivity contribution < 1.29 is 18.0 Å². The average molecular weight is 353 g/mol. The number of benzene rings is 1. The molecule has 3 rings (SSSR count). The fraction of sp³-hybridized carbons (Fsp3) is 0.500. The Kier molecular flexibility index (Phi) is 5.03. The van der Waals surface area contributed by atoms with Crippen molar-refractivity contribution in [2.24, 2.45) is 11.7 Å². The molecule has 1 aromatic heterocycles. The summed E-state index contributed by atoms with van der Waals surface area (Å²) >= 11 is 0. The van der Waals surface area contributed by atoms with Crippen LogP contribution < -0.4 is 11.1 Å². The Balaban J connectivity index is 1.53. The van der Waals surface area contributed by atoms with Crippen LogP contribution >= 0.6 is 0 Å². The molecule has 0 aliphatic heterocycles. The molecule has 2 aromatic rings. The third kappa shape index (κ3) is 4.15. The van der Waals surface area contributed by atoms with Gasteiger partial charge >= 0.3 is 6.18 Å². The molecule has 1 aliphatic carbocycles. The highest BCUT2D eigenvalue weighted by molar-refractivity contribution is 5.86. The topological polar surface area (TPSA) is 70.9 Å².